The van der Waals surface area contributed by atoms with Gasteiger partial charge in [-0.2, -0.15) is 0 Å². The Balaban J connectivity index is 2.98. The molecule has 1 aromatic carbocycles. The van der Waals surface area contributed by atoms with Crippen LogP contribution in [0.4, 0.5) is 5.69 Å². The van der Waals surface area contributed by atoms with Gasteiger partial charge in [0.1, 0.15) is 6.10 Å². The fourth-order valence-corrected chi connectivity index (χ4v) is 0.951. The summed E-state index contributed by atoms with van der Waals surface area (Å²) in [7, 11) is 0. The molecule has 1 aromatic rings. The quantitative estimate of drug-likeness (QED) is 0.531. The van der Waals surface area contributed by atoms with Crippen LogP contribution in [0.5, 0.6) is 0 Å². The summed E-state index contributed by atoms with van der Waals surface area (Å²) in [5.41, 5.74) is 0.252. The van der Waals surface area contributed by atoms with E-state index in [1.807, 2.05) is 0 Å². The molecule has 0 unspecified atom stereocenters. The van der Waals surface area contributed by atoms with E-state index in [9.17, 15) is 10.1 Å². The van der Waals surface area contributed by atoms with Crippen molar-refractivity contribution in [1.82, 2.24) is 0 Å². The molecule has 1 rings (SSSR count). The van der Waals surface area contributed by atoms with Crippen molar-refractivity contribution < 1.29 is 15.1 Å². The normalized spacial score (nSPS) is 12.5. The molecule has 0 spiro atoms. The van der Waals surface area contributed by atoms with Crippen LogP contribution >= 0.6 is 0 Å². The number of hydrogen-bond donors (Lipinski definition) is 2. The smallest absolute Gasteiger partial charge is 0.269 e. The standard InChI is InChI=1S/C8H9NO4/c10-5-8(11)6-2-1-3-7(4-6)9(12)13/h1-4,8,10-11H,5H2/t8-/m0/s1. The fourth-order valence-electron chi connectivity index (χ4n) is 0.951. The van der Waals surface area contributed by atoms with Gasteiger partial charge >= 0.3 is 0 Å². The van der Waals surface area contributed by atoms with Gasteiger partial charge in [0, 0.05) is 12.1 Å². The number of nitrogens with zero attached hydrogens (tertiary/aromatic N) is 1. The summed E-state index contributed by atoms with van der Waals surface area (Å²) in [6.07, 6.45) is -1.06. The molecule has 0 aliphatic heterocycles. The van der Waals surface area contributed by atoms with Gasteiger partial charge in [0.2, 0.25) is 0 Å². The van der Waals surface area contributed by atoms with E-state index in [-0.39, 0.29) is 5.69 Å². The van der Waals surface area contributed by atoms with E-state index in [2.05, 4.69) is 0 Å². The molecule has 0 aromatic heterocycles. The molecule has 0 aliphatic carbocycles. The van der Waals surface area contributed by atoms with Crippen molar-refractivity contribution in [2.24, 2.45) is 0 Å². The minimum absolute atomic E-state index is 0.0926. The van der Waals surface area contributed by atoms with Gasteiger partial charge < -0.3 is 10.2 Å². The van der Waals surface area contributed by atoms with E-state index in [0.717, 1.165) is 0 Å². The number of benzene rings is 1. The van der Waals surface area contributed by atoms with Crippen LogP contribution in [-0.4, -0.2) is 21.7 Å². The van der Waals surface area contributed by atoms with Gasteiger partial charge in [0.15, 0.2) is 0 Å². The number of aliphatic hydroxyl groups is 2. The predicted molar refractivity (Wildman–Crippen MR) is 45.1 cm³/mol. The largest absolute Gasteiger partial charge is 0.393 e. The zero-order valence-corrected chi connectivity index (χ0v) is 6.75. The summed E-state index contributed by atoms with van der Waals surface area (Å²) in [6.45, 7) is -0.443. The lowest BCUT2D eigenvalue weighted by Gasteiger charge is -2.05. The van der Waals surface area contributed by atoms with Gasteiger partial charge in [-0.05, 0) is 5.56 Å². The topological polar surface area (TPSA) is 83.6 Å². The number of non-ortho nitro benzene ring substituents is 1. The molecule has 0 fully saturated rings. The Morgan fingerprint density at radius 3 is 2.77 bits per heavy atom. The minimum Gasteiger partial charge on any atom is -0.393 e. The third-order valence-electron chi connectivity index (χ3n) is 1.64. The molecule has 0 saturated heterocycles. The molecule has 2 N–H and O–H groups in total. The van der Waals surface area contributed by atoms with E-state index in [1.54, 1.807) is 0 Å². The lowest BCUT2D eigenvalue weighted by molar-refractivity contribution is -0.385. The van der Waals surface area contributed by atoms with E-state index >= 15 is 0 Å². The molecular weight excluding hydrogens is 174 g/mol. The second kappa shape index (κ2) is 3.97. The first-order valence-electron chi connectivity index (χ1n) is 3.68. The van der Waals surface area contributed by atoms with E-state index in [4.69, 9.17) is 10.2 Å². The Morgan fingerprint density at radius 2 is 2.23 bits per heavy atom. The highest BCUT2D eigenvalue weighted by molar-refractivity contribution is 5.35. The molecule has 0 heterocycles. The molecule has 13 heavy (non-hydrogen) atoms. The Kier molecular flexibility index (Phi) is 2.94. The van der Waals surface area contributed by atoms with Crippen molar-refractivity contribution in [3.05, 3.63) is 39.9 Å². The number of rotatable bonds is 3. The molecule has 70 valence electrons. The first-order valence-corrected chi connectivity index (χ1v) is 3.68. The van der Waals surface area contributed by atoms with Gasteiger partial charge in [-0.1, -0.05) is 12.1 Å². The third kappa shape index (κ3) is 2.24. The summed E-state index contributed by atoms with van der Waals surface area (Å²) >= 11 is 0. The predicted octanol–water partition coefficient (Wildman–Crippen LogP) is 0.620. The molecule has 0 bridgehead atoms. The Morgan fingerprint density at radius 1 is 1.54 bits per heavy atom. The number of nitro benzene ring substituents is 1. The molecule has 0 amide bonds. The third-order valence-corrected chi connectivity index (χ3v) is 1.64. The van der Waals surface area contributed by atoms with Crippen LogP contribution in [0.2, 0.25) is 0 Å². The SMILES string of the molecule is O=[N+]([O-])c1cccc([C@@H](O)CO)c1. The van der Waals surface area contributed by atoms with Crippen LogP contribution in [0.25, 0.3) is 0 Å². The van der Waals surface area contributed by atoms with Crippen molar-refractivity contribution in [3.8, 4) is 0 Å². The second-order valence-electron chi connectivity index (χ2n) is 2.55. The number of hydrogen-bond acceptors (Lipinski definition) is 4. The number of aliphatic hydroxyl groups excluding tert-OH is 2. The van der Waals surface area contributed by atoms with Gasteiger partial charge in [0.05, 0.1) is 11.5 Å². The maximum Gasteiger partial charge on any atom is 0.269 e. The van der Waals surface area contributed by atoms with Crippen molar-refractivity contribution >= 4 is 5.69 Å². The molecule has 0 aliphatic rings. The summed E-state index contributed by atoms with van der Waals surface area (Å²) in [6, 6.07) is 5.55. The zero-order valence-electron chi connectivity index (χ0n) is 6.75. The van der Waals surface area contributed by atoms with E-state index in [1.165, 1.54) is 24.3 Å². The van der Waals surface area contributed by atoms with E-state index in [0.29, 0.717) is 5.56 Å². The Bertz CT molecular complexity index is 313. The van der Waals surface area contributed by atoms with Crippen LogP contribution in [0.1, 0.15) is 11.7 Å². The van der Waals surface area contributed by atoms with Crippen LogP contribution in [0.15, 0.2) is 24.3 Å². The van der Waals surface area contributed by atoms with Crippen molar-refractivity contribution in [2.75, 3.05) is 6.61 Å². The van der Waals surface area contributed by atoms with Gasteiger partial charge in [-0.25, -0.2) is 0 Å². The van der Waals surface area contributed by atoms with Crippen LogP contribution in [-0.2, 0) is 0 Å². The fraction of sp³-hybridized carbons (Fsp3) is 0.250. The highest BCUT2D eigenvalue weighted by Gasteiger charge is 2.10. The van der Waals surface area contributed by atoms with Crippen molar-refractivity contribution in [1.29, 1.82) is 0 Å². The molecule has 0 saturated carbocycles. The lowest BCUT2D eigenvalue weighted by Crippen LogP contribution is -2.02. The lowest BCUT2D eigenvalue weighted by atomic mass is 10.1. The Hall–Kier alpha value is -1.46. The van der Waals surface area contributed by atoms with Crippen LogP contribution < -0.4 is 0 Å². The molecule has 1 atom stereocenters. The second-order valence-corrected chi connectivity index (χ2v) is 2.55. The molecule has 5 nitrogen and oxygen atoms in total. The zero-order chi connectivity index (χ0) is 9.84. The summed E-state index contributed by atoms with van der Waals surface area (Å²) in [5, 5.41) is 28.1. The first-order chi connectivity index (χ1) is 6.15. The van der Waals surface area contributed by atoms with Crippen LogP contribution in [0, 0.1) is 10.1 Å². The highest BCUT2D eigenvalue weighted by Crippen LogP contribution is 2.18. The first kappa shape index (κ1) is 9.63. The highest BCUT2D eigenvalue weighted by atomic mass is 16.6. The molecule has 0 radical (unpaired) electrons. The summed E-state index contributed by atoms with van der Waals surface area (Å²) in [5.74, 6) is 0. The Labute approximate surface area is 74.4 Å². The van der Waals surface area contributed by atoms with Gasteiger partial charge in [-0.3, -0.25) is 10.1 Å². The minimum atomic E-state index is -1.06. The molecule has 5 heteroatoms. The monoisotopic (exact) mass is 183 g/mol. The molecular formula is C8H9NO4. The van der Waals surface area contributed by atoms with Gasteiger partial charge in [0.25, 0.3) is 5.69 Å². The average Bonchev–Trinajstić information content (AvgIpc) is 2.17. The van der Waals surface area contributed by atoms with Gasteiger partial charge in [-0.15, -0.1) is 0 Å². The van der Waals surface area contributed by atoms with Crippen molar-refractivity contribution in [3.63, 3.8) is 0 Å². The number of nitro groups is 1. The van der Waals surface area contributed by atoms with Crippen LogP contribution in [0.3, 0.4) is 0 Å². The van der Waals surface area contributed by atoms with E-state index < -0.39 is 17.6 Å². The summed E-state index contributed by atoms with van der Waals surface area (Å²) in [4.78, 5) is 9.78. The summed E-state index contributed by atoms with van der Waals surface area (Å²) < 4.78 is 0. The van der Waals surface area contributed by atoms with Crippen molar-refractivity contribution in [2.45, 2.75) is 6.10 Å². The maximum atomic E-state index is 10.3. The average molecular weight is 183 g/mol. The maximum absolute atomic E-state index is 10.3.